The van der Waals surface area contributed by atoms with Crippen molar-refractivity contribution >= 4 is 17.6 Å². The van der Waals surface area contributed by atoms with Crippen molar-refractivity contribution in [1.82, 2.24) is 0 Å². The molecule has 2 aromatic carbocycles. The van der Waals surface area contributed by atoms with Gasteiger partial charge in [-0.2, -0.15) is 5.26 Å². The Bertz CT molecular complexity index is 870. The van der Waals surface area contributed by atoms with Gasteiger partial charge in [0, 0.05) is 24.2 Å². The monoisotopic (exact) mass is 348 g/mol. The van der Waals surface area contributed by atoms with E-state index < -0.39 is 11.9 Å². The molecule has 0 N–H and O–H groups in total. The Morgan fingerprint density at radius 1 is 1.19 bits per heavy atom. The summed E-state index contributed by atoms with van der Waals surface area (Å²) in [6.07, 6.45) is 0.969. The third-order valence-electron chi connectivity index (χ3n) is 4.63. The average molecular weight is 348 g/mol. The molecule has 0 unspecified atom stereocenters. The summed E-state index contributed by atoms with van der Waals surface area (Å²) in [5.74, 6) is -0.950. The smallest absolute Gasteiger partial charge is 0.311 e. The van der Waals surface area contributed by atoms with Crippen LogP contribution in [0.3, 0.4) is 0 Å². The van der Waals surface area contributed by atoms with Gasteiger partial charge in [0.2, 0.25) is 5.91 Å². The van der Waals surface area contributed by atoms with Crippen LogP contribution in [-0.2, 0) is 27.4 Å². The molecule has 0 aliphatic carbocycles. The molecule has 0 aromatic heterocycles. The molecule has 2 aromatic rings. The molecule has 1 heterocycles. The van der Waals surface area contributed by atoms with E-state index in [2.05, 4.69) is 6.07 Å². The van der Waals surface area contributed by atoms with Crippen LogP contribution in [0.2, 0.25) is 0 Å². The number of anilines is 1. The predicted molar refractivity (Wildman–Crippen MR) is 97.2 cm³/mol. The van der Waals surface area contributed by atoms with Crippen molar-refractivity contribution in [3.8, 4) is 6.07 Å². The van der Waals surface area contributed by atoms with Crippen LogP contribution in [0.4, 0.5) is 5.69 Å². The maximum Gasteiger partial charge on any atom is 0.311 e. The highest BCUT2D eigenvalue weighted by atomic mass is 16.5. The molecule has 1 saturated heterocycles. The summed E-state index contributed by atoms with van der Waals surface area (Å²) in [6, 6.07) is 16.8. The van der Waals surface area contributed by atoms with Crippen molar-refractivity contribution in [1.29, 1.82) is 5.26 Å². The summed E-state index contributed by atoms with van der Waals surface area (Å²) in [6.45, 7) is 2.41. The first-order valence-corrected chi connectivity index (χ1v) is 8.67. The van der Waals surface area contributed by atoms with E-state index in [9.17, 15) is 9.59 Å². The van der Waals surface area contributed by atoms with E-state index >= 15 is 0 Å². The van der Waals surface area contributed by atoms with Crippen LogP contribution < -0.4 is 4.90 Å². The molecule has 0 spiro atoms. The molecule has 1 amide bonds. The Kier molecular flexibility index (Phi) is 5.33. The number of nitrogens with zero attached hydrogens (tertiary/aromatic N) is 2. The molecule has 132 valence electrons. The van der Waals surface area contributed by atoms with Crippen molar-refractivity contribution in [2.24, 2.45) is 5.92 Å². The van der Waals surface area contributed by atoms with Crippen LogP contribution >= 0.6 is 0 Å². The Morgan fingerprint density at radius 2 is 1.88 bits per heavy atom. The minimum Gasteiger partial charge on any atom is -0.460 e. The van der Waals surface area contributed by atoms with Crippen LogP contribution in [0.25, 0.3) is 0 Å². The van der Waals surface area contributed by atoms with Crippen LogP contribution in [0.1, 0.15) is 30.0 Å². The maximum absolute atomic E-state index is 12.4. The van der Waals surface area contributed by atoms with Crippen molar-refractivity contribution in [2.45, 2.75) is 26.4 Å². The van der Waals surface area contributed by atoms with Crippen molar-refractivity contribution in [3.63, 3.8) is 0 Å². The lowest BCUT2D eigenvalue weighted by molar-refractivity contribution is -0.149. The van der Waals surface area contributed by atoms with Gasteiger partial charge in [-0.25, -0.2) is 0 Å². The number of rotatable bonds is 5. The number of hydrogen-bond acceptors (Lipinski definition) is 4. The van der Waals surface area contributed by atoms with Gasteiger partial charge in [0.1, 0.15) is 6.61 Å². The highest BCUT2D eigenvalue weighted by molar-refractivity contribution is 6.00. The Hall–Kier alpha value is -3.13. The van der Waals surface area contributed by atoms with E-state index in [1.54, 1.807) is 29.2 Å². The van der Waals surface area contributed by atoms with E-state index in [-0.39, 0.29) is 18.9 Å². The summed E-state index contributed by atoms with van der Waals surface area (Å²) >= 11 is 0. The summed E-state index contributed by atoms with van der Waals surface area (Å²) in [4.78, 5) is 26.5. The van der Waals surface area contributed by atoms with Gasteiger partial charge >= 0.3 is 5.97 Å². The molecular formula is C21H20N2O3. The SMILES string of the molecule is CCc1ccccc1N1C[C@H](C(=O)OCc2ccccc2C#N)CC1=O. The largest absolute Gasteiger partial charge is 0.460 e. The minimum absolute atomic E-state index is 0.0405. The number of carbonyl (C=O) groups excluding carboxylic acids is 2. The van der Waals surface area contributed by atoms with Crippen LogP contribution in [0.5, 0.6) is 0 Å². The number of carbonyl (C=O) groups is 2. The van der Waals surface area contributed by atoms with Crippen LogP contribution in [0, 0.1) is 17.2 Å². The normalized spacial score (nSPS) is 16.4. The van der Waals surface area contributed by atoms with Gasteiger partial charge in [0.15, 0.2) is 0 Å². The number of amides is 1. The summed E-state index contributed by atoms with van der Waals surface area (Å²) < 4.78 is 5.37. The van der Waals surface area contributed by atoms with Crippen LogP contribution in [0.15, 0.2) is 48.5 Å². The zero-order valence-electron chi connectivity index (χ0n) is 14.6. The molecule has 3 rings (SSSR count). The number of hydrogen-bond donors (Lipinski definition) is 0. The zero-order chi connectivity index (χ0) is 18.5. The molecule has 1 fully saturated rings. The highest BCUT2D eigenvalue weighted by Gasteiger charge is 2.36. The molecule has 1 atom stereocenters. The molecule has 5 nitrogen and oxygen atoms in total. The number of benzene rings is 2. The van der Waals surface area contributed by atoms with Crippen molar-refractivity contribution in [2.75, 3.05) is 11.4 Å². The summed E-state index contributed by atoms with van der Waals surface area (Å²) in [7, 11) is 0. The minimum atomic E-state index is -0.485. The molecule has 5 heteroatoms. The average Bonchev–Trinajstić information content (AvgIpc) is 3.07. The Morgan fingerprint density at radius 3 is 2.62 bits per heavy atom. The number of aryl methyl sites for hydroxylation is 1. The van der Waals surface area contributed by atoms with E-state index in [4.69, 9.17) is 10.00 Å². The standard InChI is InChI=1S/C21H20N2O3/c1-2-15-7-5-6-10-19(15)23-13-18(11-20(23)24)21(25)26-14-17-9-4-3-8-16(17)12-22/h3-10,18H,2,11,13-14H2,1H3/t18-/m1/s1. The predicted octanol–water partition coefficient (Wildman–Crippen LogP) is 3.22. The molecule has 26 heavy (non-hydrogen) atoms. The number of ether oxygens (including phenoxy) is 1. The second-order valence-electron chi connectivity index (χ2n) is 6.26. The zero-order valence-corrected chi connectivity index (χ0v) is 14.6. The summed E-state index contributed by atoms with van der Waals surface area (Å²) in [5, 5.41) is 9.10. The van der Waals surface area contributed by atoms with E-state index in [0.717, 1.165) is 17.7 Å². The molecular weight excluding hydrogens is 328 g/mol. The highest BCUT2D eigenvalue weighted by Crippen LogP contribution is 2.29. The number of esters is 1. The molecule has 0 saturated carbocycles. The lowest BCUT2D eigenvalue weighted by atomic mass is 10.1. The van der Waals surface area contributed by atoms with Gasteiger partial charge in [-0.05, 0) is 24.1 Å². The van der Waals surface area contributed by atoms with E-state index in [0.29, 0.717) is 17.7 Å². The third kappa shape index (κ3) is 3.60. The molecule has 0 bridgehead atoms. The second kappa shape index (κ2) is 7.83. The number of nitriles is 1. The second-order valence-corrected chi connectivity index (χ2v) is 6.26. The van der Waals surface area contributed by atoms with Crippen molar-refractivity contribution < 1.29 is 14.3 Å². The Balaban J connectivity index is 1.67. The van der Waals surface area contributed by atoms with Gasteiger partial charge in [-0.3, -0.25) is 9.59 Å². The van der Waals surface area contributed by atoms with E-state index in [1.165, 1.54) is 0 Å². The lowest BCUT2D eigenvalue weighted by Gasteiger charge is -2.19. The quantitative estimate of drug-likeness (QED) is 0.778. The first kappa shape index (κ1) is 17.7. The first-order valence-electron chi connectivity index (χ1n) is 8.67. The fraction of sp³-hybridized carbons (Fsp3) is 0.286. The van der Waals surface area contributed by atoms with Crippen molar-refractivity contribution in [3.05, 3.63) is 65.2 Å². The fourth-order valence-electron chi connectivity index (χ4n) is 3.19. The van der Waals surface area contributed by atoms with Crippen LogP contribution in [-0.4, -0.2) is 18.4 Å². The van der Waals surface area contributed by atoms with Gasteiger partial charge in [-0.1, -0.05) is 43.3 Å². The molecule has 1 aliphatic rings. The number of para-hydroxylation sites is 1. The first-order chi connectivity index (χ1) is 12.6. The van der Waals surface area contributed by atoms with Gasteiger partial charge < -0.3 is 9.64 Å². The topological polar surface area (TPSA) is 70.4 Å². The lowest BCUT2D eigenvalue weighted by Crippen LogP contribution is -2.27. The van der Waals surface area contributed by atoms with Gasteiger partial charge in [-0.15, -0.1) is 0 Å². The molecule has 1 aliphatic heterocycles. The summed E-state index contributed by atoms with van der Waals surface area (Å²) in [5.41, 5.74) is 3.10. The van der Waals surface area contributed by atoms with Gasteiger partial charge in [0.05, 0.1) is 17.6 Å². The third-order valence-corrected chi connectivity index (χ3v) is 4.63. The Labute approximate surface area is 152 Å². The van der Waals surface area contributed by atoms with E-state index in [1.807, 2.05) is 31.2 Å². The van der Waals surface area contributed by atoms with Gasteiger partial charge in [0.25, 0.3) is 0 Å². The molecule has 0 radical (unpaired) electrons. The maximum atomic E-state index is 12.4. The fourth-order valence-corrected chi connectivity index (χ4v) is 3.19.